The summed E-state index contributed by atoms with van der Waals surface area (Å²) in [5, 5.41) is 2.89. The van der Waals surface area contributed by atoms with Crippen molar-refractivity contribution in [1.82, 2.24) is 15.0 Å². The summed E-state index contributed by atoms with van der Waals surface area (Å²) >= 11 is 6.52. The summed E-state index contributed by atoms with van der Waals surface area (Å²) in [6.45, 7) is 5.46. The van der Waals surface area contributed by atoms with Crippen LogP contribution in [-0.2, 0) is 15.7 Å². The van der Waals surface area contributed by atoms with Gasteiger partial charge in [-0.3, -0.25) is 10.2 Å². The largest absolute Gasteiger partial charge is 0.475 e. The maximum atomic E-state index is 13.6. The average molecular weight is 591 g/mol. The number of benzene rings is 1. The predicted octanol–water partition coefficient (Wildman–Crippen LogP) is 5.37. The first kappa shape index (κ1) is 27.5. The Morgan fingerprint density at radius 2 is 2.07 bits per heavy atom. The Bertz CT molecular complexity index is 1490. The molecule has 1 aromatic carbocycles. The van der Waals surface area contributed by atoms with Crippen LogP contribution in [0.4, 0.5) is 35.4 Å². The van der Waals surface area contributed by atoms with Crippen LogP contribution in [0.15, 0.2) is 42.6 Å². The number of alkyl halides is 3. The second kappa shape index (κ2) is 10.3. The minimum absolute atomic E-state index is 0.0189. The highest BCUT2D eigenvalue weighted by Gasteiger charge is 2.41. The summed E-state index contributed by atoms with van der Waals surface area (Å²) in [7, 11) is 0. The summed E-state index contributed by atoms with van der Waals surface area (Å²) < 4.78 is 57.1. The van der Waals surface area contributed by atoms with E-state index in [0.717, 1.165) is 12.1 Å². The highest BCUT2D eigenvalue weighted by Crippen LogP contribution is 2.43. The number of fused-ring (bicyclic) bond motifs is 4. The summed E-state index contributed by atoms with van der Waals surface area (Å²) in [6, 6.07) is 7.23. The van der Waals surface area contributed by atoms with E-state index in [1.54, 1.807) is 12.1 Å². The maximum Gasteiger partial charge on any atom is 0.416 e. The molecule has 5 heterocycles. The topological polar surface area (TPSA) is 102 Å². The van der Waals surface area contributed by atoms with E-state index in [2.05, 4.69) is 25.2 Å². The molecule has 0 saturated carbocycles. The number of amides is 2. The predicted molar refractivity (Wildman–Crippen MR) is 144 cm³/mol. The standard InChI is InChI=1S/C27H26ClF3N6O4/c1-26(2)40-14-18(41-26)13-39-21-6-8-32-24(33-21)35-25(38)37-17-7-9-36(12-17)20-11-19(28)22(34-23(20)37)15-4-3-5-16(10-15)27(29,30)31/h3-6,8,10-11,17-18H,7,9,12-14H2,1-2H3,(H,32,33,35,38)/t17?,18-/m0/s1. The lowest BCUT2D eigenvalue weighted by Gasteiger charge is -2.36. The quantitative estimate of drug-likeness (QED) is 0.423. The molecule has 2 atom stereocenters. The van der Waals surface area contributed by atoms with Gasteiger partial charge in [0.1, 0.15) is 12.7 Å². The lowest BCUT2D eigenvalue weighted by atomic mass is 10.1. The van der Waals surface area contributed by atoms with Crippen LogP contribution in [0.5, 0.6) is 5.88 Å². The molecule has 0 aliphatic carbocycles. The van der Waals surface area contributed by atoms with Gasteiger partial charge < -0.3 is 19.1 Å². The van der Waals surface area contributed by atoms with E-state index >= 15 is 0 Å². The van der Waals surface area contributed by atoms with Crippen LogP contribution in [0, 0.1) is 0 Å². The smallest absolute Gasteiger partial charge is 0.416 e. The average Bonchev–Trinajstić information content (AvgIpc) is 3.50. The van der Waals surface area contributed by atoms with E-state index in [9.17, 15) is 18.0 Å². The molecule has 41 heavy (non-hydrogen) atoms. The minimum atomic E-state index is -4.53. The third-order valence-corrected chi connectivity index (χ3v) is 7.34. The zero-order chi connectivity index (χ0) is 28.9. The summed E-state index contributed by atoms with van der Waals surface area (Å²) in [5.41, 5.74) is 0.132. The van der Waals surface area contributed by atoms with E-state index in [1.807, 2.05) is 13.8 Å². The van der Waals surface area contributed by atoms with Crippen LogP contribution < -0.4 is 19.9 Å². The zero-order valence-electron chi connectivity index (χ0n) is 22.1. The van der Waals surface area contributed by atoms with Crippen molar-refractivity contribution in [1.29, 1.82) is 0 Å². The van der Waals surface area contributed by atoms with Crippen molar-refractivity contribution >= 4 is 35.1 Å². The molecule has 3 aromatic rings. The molecule has 2 amide bonds. The molecule has 2 bridgehead atoms. The lowest BCUT2D eigenvalue weighted by Crippen LogP contribution is -2.48. The number of ether oxygens (including phenoxy) is 3. The zero-order valence-corrected chi connectivity index (χ0v) is 22.9. The number of hydrogen-bond acceptors (Lipinski definition) is 8. The van der Waals surface area contributed by atoms with Gasteiger partial charge in [-0.1, -0.05) is 23.7 Å². The molecule has 2 fully saturated rings. The molecular weight excluding hydrogens is 565 g/mol. The van der Waals surface area contributed by atoms with Crippen molar-refractivity contribution in [3.05, 3.63) is 53.2 Å². The van der Waals surface area contributed by atoms with Crippen LogP contribution in [0.25, 0.3) is 11.3 Å². The van der Waals surface area contributed by atoms with Crippen molar-refractivity contribution in [3.63, 3.8) is 0 Å². The molecule has 1 N–H and O–H groups in total. The van der Waals surface area contributed by atoms with E-state index in [4.69, 9.17) is 25.8 Å². The molecular formula is C27H26ClF3N6O4. The first-order valence-electron chi connectivity index (χ1n) is 13.0. The van der Waals surface area contributed by atoms with Crippen LogP contribution in [0.1, 0.15) is 25.8 Å². The minimum Gasteiger partial charge on any atom is -0.475 e. The third-order valence-electron chi connectivity index (χ3n) is 7.05. The molecule has 0 spiro atoms. The van der Waals surface area contributed by atoms with Crippen LogP contribution in [-0.4, -0.2) is 65.2 Å². The molecule has 3 aliphatic heterocycles. The molecule has 2 saturated heterocycles. The fourth-order valence-electron chi connectivity index (χ4n) is 5.19. The Balaban J connectivity index is 1.25. The fraction of sp³-hybridized carbons (Fsp3) is 0.407. The number of carbonyl (C=O) groups is 1. The molecule has 10 nitrogen and oxygen atoms in total. The van der Waals surface area contributed by atoms with E-state index in [-0.39, 0.29) is 46.9 Å². The Morgan fingerprint density at radius 1 is 1.24 bits per heavy atom. The number of pyridine rings is 1. The summed E-state index contributed by atoms with van der Waals surface area (Å²) in [6.07, 6.45) is -2.67. The van der Waals surface area contributed by atoms with Gasteiger partial charge >= 0.3 is 12.2 Å². The van der Waals surface area contributed by atoms with Crippen molar-refractivity contribution in [2.75, 3.05) is 41.4 Å². The van der Waals surface area contributed by atoms with Crippen molar-refractivity contribution in [3.8, 4) is 17.1 Å². The van der Waals surface area contributed by atoms with Gasteiger partial charge in [0.05, 0.1) is 34.6 Å². The van der Waals surface area contributed by atoms with E-state index in [1.165, 1.54) is 23.2 Å². The number of carbonyl (C=O) groups excluding carboxylic acids is 1. The number of nitrogens with one attached hydrogen (secondary N) is 1. The SMILES string of the molecule is CC1(C)OC[C@H](COc2ccnc(NC(=O)N3c4nc(-c5cccc(C(F)(F)F)c5)c(Cl)cc4N4CCC3C4)n2)O1. The number of urea groups is 1. The highest BCUT2D eigenvalue weighted by atomic mass is 35.5. The Hall–Kier alpha value is -3.68. The molecule has 216 valence electrons. The Morgan fingerprint density at radius 3 is 2.83 bits per heavy atom. The van der Waals surface area contributed by atoms with Crippen molar-refractivity contribution in [2.45, 2.75) is 44.4 Å². The van der Waals surface area contributed by atoms with Crippen molar-refractivity contribution in [2.24, 2.45) is 0 Å². The molecule has 0 radical (unpaired) electrons. The van der Waals surface area contributed by atoms with Crippen LogP contribution >= 0.6 is 11.6 Å². The highest BCUT2D eigenvalue weighted by molar-refractivity contribution is 6.33. The van der Waals surface area contributed by atoms with Gasteiger partial charge in [-0.25, -0.2) is 14.8 Å². The normalized spacial score (nSPS) is 21.1. The summed E-state index contributed by atoms with van der Waals surface area (Å²) in [4.78, 5) is 30.2. The van der Waals surface area contributed by atoms with Crippen LogP contribution in [0.2, 0.25) is 5.02 Å². The molecule has 1 unspecified atom stereocenters. The first-order valence-corrected chi connectivity index (χ1v) is 13.4. The van der Waals surface area contributed by atoms with Gasteiger partial charge in [0.2, 0.25) is 11.8 Å². The number of halogens is 4. The van der Waals surface area contributed by atoms with Gasteiger partial charge in [-0.2, -0.15) is 18.2 Å². The molecule has 6 rings (SSSR count). The van der Waals surface area contributed by atoms with Gasteiger partial charge in [-0.05, 0) is 38.5 Å². The maximum absolute atomic E-state index is 13.6. The number of nitrogens with zero attached hydrogens (tertiary/aromatic N) is 5. The van der Waals surface area contributed by atoms with Crippen molar-refractivity contribution < 1.29 is 32.2 Å². The Labute approximate surface area is 238 Å². The van der Waals surface area contributed by atoms with Gasteiger partial charge in [-0.15, -0.1) is 0 Å². The second-order valence-corrected chi connectivity index (χ2v) is 10.8. The Kier molecular flexibility index (Phi) is 6.91. The monoisotopic (exact) mass is 590 g/mol. The van der Waals surface area contributed by atoms with E-state index < -0.39 is 23.6 Å². The lowest BCUT2D eigenvalue weighted by molar-refractivity contribution is -0.141. The van der Waals surface area contributed by atoms with Gasteiger partial charge in [0.15, 0.2) is 11.6 Å². The fourth-order valence-corrected chi connectivity index (χ4v) is 5.45. The number of hydrogen-bond donors (Lipinski definition) is 1. The second-order valence-electron chi connectivity index (χ2n) is 10.4. The molecule has 14 heteroatoms. The third kappa shape index (κ3) is 5.61. The molecule has 2 aromatic heterocycles. The van der Waals surface area contributed by atoms with Gasteiger partial charge in [0.25, 0.3) is 0 Å². The summed E-state index contributed by atoms with van der Waals surface area (Å²) in [5.74, 6) is -0.128. The number of aromatic nitrogens is 3. The molecule has 3 aliphatic rings. The number of anilines is 3. The van der Waals surface area contributed by atoms with Gasteiger partial charge in [0, 0.05) is 30.9 Å². The van der Waals surface area contributed by atoms with E-state index in [0.29, 0.717) is 37.6 Å². The van der Waals surface area contributed by atoms with Crippen LogP contribution in [0.3, 0.4) is 0 Å². The number of rotatable bonds is 5. The first-order chi connectivity index (χ1) is 19.5.